The molecule has 0 spiro atoms. The number of hydrogen-bond acceptors (Lipinski definition) is 2. The molecule has 0 bridgehead atoms. The molecule has 1 aromatic rings. The van der Waals surface area contributed by atoms with Crippen LogP contribution in [0.3, 0.4) is 0 Å². The molecule has 1 atom stereocenters. The van der Waals surface area contributed by atoms with E-state index in [0.29, 0.717) is 12.2 Å². The maximum atomic E-state index is 11.7. The van der Waals surface area contributed by atoms with Crippen LogP contribution in [0.4, 0.5) is 5.82 Å². The summed E-state index contributed by atoms with van der Waals surface area (Å²) in [4.78, 5) is 15.9. The maximum Gasteiger partial charge on any atom is 0.231 e. The van der Waals surface area contributed by atoms with Gasteiger partial charge in [0.2, 0.25) is 5.91 Å². The summed E-state index contributed by atoms with van der Waals surface area (Å²) in [6.07, 6.45) is 0.497. The fourth-order valence-corrected chi connectivity index (χ4v) is 2.05. The monoisotopic (exact) mass is 322 g/mol. The van der Waals surface area contributed by atoms with Crippen molar-refractivity contribution in [2.75, 3.05) is 5.32 Å². The van der Waals surface area contributed by atoms with E-state index in [9.17, 15) is 4.79 Å². The third-order valence-corrected chi connectivity index (χ3v) is 4.09. The van der Waals surface area contributed by atoms with Crippen LogP contribution in [0.2, 0.25) is 0 Å². The summed E-state index contributed by atoms with van der Waals surface area (Å²) < 4.78 is 0.00931. The van der Waals surface area contributed by atoms with Crippen LogP contribution in [-0.4, -0.2) is 15.2 Å². The van der Waals surface area contributed by atoms with Crippen molar-refractivity contribution in [1.29, 1.82) is 0 Å². The molecule has 0 radical (unpaired) electrons. The van der Waals surface area contributed by atoms with Crippen LogP contribution in [0.1, 0.15) is 12.1 Å². The lowest BCUT2D eigenvalue weighted by Crippen LogP contribution is -2.17. The Bertz CT molecular complexity index is 450. The second kappa shape index (κ2) is 4.17. The van der Waals surface area contributed by atoms with Gasteiger partial charge in [0.1, 0.15) is 10.2 Å². The summed E-state index contributed by atoms with van der Waals surface area (Å²) in [7, 11) is 0. The average Bonchev–Trinajstić information content (AvgIpc) is 2.82. The predicted molar refractivity (Wildman–Crippen MR) is 67.8 cm³/mol. The fraction of sp³-hybridized carbons (Fsp3) is 0.400. The summed E-state index contributed by atoms with van der Waals surface area (Å²) in [5, 5.41) is 2.69. The number of aromatic nitrogens is 1. The number of carbonyl (C=O) groups is 1. The van der Waals surface area contributed by atoms with Crippen LogP contribution < -0.4 is 5.32 Å². The number of aryl methyl sites for hydroxylation is 1. The number of nitrogens with one attached hydrogen (secondary N) is 1. The van der Waals surface area contributed by atoms with Crippen molar-refractivity contribution in [1.82, 2.24) is 4.98 Å². The van der Waals surface area contributed by atoms with Crippen LogP contribution >= 0.6 is 39.1 Å². The lowest BCUT2D eigenvalue weighted by atomic mass is 10.3. The van der Waals surface area contributed by atoms with E-state index in [-0.39, 0.29) is 11.8 Å². The van der Waals surface area contributed by atoms with Crippen molar-refractivity contribution in [2.24, 2.45) is 5.92 Å². The Hall–Kier alpha value is -0.320. The van der Waals surface area contributed by atoms with E-state index < -0.39 is 4.33 Å². The third-order valence-electron chi connectivity index (χ3n) is 2.42. The van der Waals surface area contributed by atoms with Crippen molar-refractivity contribution < 1.29 is 4.79 Å². The Balaban J connectivity index is 2.05. The van der Waals surface area contributed by atoms with E-state index in [0.717, 1.165) is 10.2 Å². The topological polar surface area (TPSA) is 42.0 Å². The van der Waals surface area contributed by atoms with Gasteiger partial charge in [0.15, 0.2) is 0 Å². The van der Waals surface area contributed by atoms with Crippen LogP contribution in [0.5, 0.6) is 0 Å². The summed E-state index contributed by atoms with van der Waals surface area (Å²) in [5.41, 5.74) is 0.816. The number of carbonyl (C=O) groups excluding carboxylic acids is 1. The molecule has 1 aromatic heterocycles. The molecule has 1 saturated carbocycles. The molecule has 1 aliphatic carbocycles. The molecular weight excluding hydrogens is 315 g/mol. The van der Waals surface area contributed by atoms with Crippen molar-refractivity contribution in [3.05, 3.63) is 22.3 Å². The minimum absolute atomic E-state index is 0.181. The molecule has 6 heteroatoms. The first kappa shape index (κ1) is 12.1. The molecule has 1 heterocycles. The van der Waals surface area contributed by atoms with Crippen LogP contribution in [0, 0.1) is 12.8 Å². The first-order chi connectivity index (χ1) is 7.40. The predicted octanol–water partition coefficient (Wildman–Crippen LogP) is 3.28. The number of halogens is 3. The molecule has 0 aliphatic heterocycles. The average molecular weight is 324 g/mol. The molecule has 86 valence electrons. The van der Waals surface area contributed by atoms with Gasteiger partial charge in [0.25, 0.3) is 0 Å². The van der Waals surface area contributed by atoms with Gasteiger partial charge in [-0.25, -0.2) is 4.98 Å². The lowest BCUT2D eigenvalue weighted by Gasteiger charge is -2.05. The summed E-state index contributed by atoms with van der Waals surface area (Å²) >= 11 is 14.9. The second-order valence-corrected chi connectivity index (χ2v) is 6.17. The fourth-order valence-electron chi connectivity index (χ4n) is 1.32. The van der Waals surface area contributed by atoms with Crippen molar-refractivity contribution in [3.63, 3.8) is 0 Å². The second-order valence-electron chi connectivity index (χ2n) is 3.77. The van der Waals surface area contributed by atoms with E-state index in [4.69, 9.17) is 23.2 Å². The number of pyridine rings is 1. The van der Waals surface area contributed by atoms with E-state index >= 15 is 0 Å². The number of amides is 1. The van der Waals surface area contributed by atoms with Crippen molar-refractivity contribution in [2.45, 2.75) is 17.7 Å². The Labute approximate surface area is 112 Å². The molecule has 0 saturated heterocycles. The number of rotatable bonds is 2. The number of alkyl halides is 2. The molecule has 1 amide bonds. The highest BCUT2D eigenvalue weighted by Gasteiger charge is 2.56. The van der Waals surface area contributed by atoms with Crippen molar-refractivity contribution in [3.8, 4) is 0 Å². The SMILES string of the molecule is Cc1nc(NC(=O)[C@@H]2CC2(Cl)Cl)ccc1Br. The van der Waals surface area contributed by atoms with Crippen LogP contribution in [0.25, 0.3) is 0 Å². The minimum Gasteiger partial charge on any atom is -0.310 e. The van der Waals surface area contributed by atoms with Gasteiger partial charge in [-0.1, -0.05) is 0 Å². The highest BCUT2D eigenvalue weighted by atomic mass is 79.9. The molecule has 16 heavy (non-hydrogen) atoms. The van der Waals surface area contributed by atoms with Gasteiger partial charge in [-0.2, -0.15) is 0 Å². The van der Waals surface area contributed by atoms with E-state index in [1.165, 1.54) is 0 Å². The largest absolute Gasteiger partial charge is 0.310 e. The van der Waals surface area contributed by atoms with Gasteiger partial charge in [-0.05, 0) is 41.4 Å². The molecule has 2 rings (SSSR count). The van der Waals surface area contributed by atoms with Crippen LogP contribution in [-0.2, 0) is 4.79 Å². The first-order valence-electron chi connectivity index (χ1n) is 4.72. The molecule has 1 fully saturated rings. The zero-order chi connectivity index (χ0) is 11.9. The first-order valence-corrected chi connectivity index (χ1v) is 6.27. The molecule has 3 nitrogen and oxygen atoms in total. The standard InChI is InChI=1S/C10H9BrCl2N2O/c1-5-7(11)2-3-8(14-5)15-9(16)6-4-10(6,12)13/h2-3,6H,4H2,1H3,(H,14,15,16)/t6-/m0/s1. The number of nitrogens with zero attached hydrogens (tertiary/aromatic N) is 1. The summed E-state index contributed by atoms with van der Waals surface area (Å²) in [6, 6.07) is 3.56. The van der Waals surface area contributed by atoms with Gasteiger partial charge in [-0.3, -0.25) is 4.79 Å². The molecule has 0 unspecified atom stereocenters. The van der Waals surface area contributed by atoms with Gasteiger partial charge in [0, 0.05) is 4.47 Å². The summed E-state index contributed by atoms with van der Waals surface area (Å²) in [6.45, 7) is 1.85. The van der Waals surface area contributed by atoms with Gasteiger partial charge in [-0.15, -0.1) is 23.2 Å². The molecule has 0 aromatic carbocycles. The van der Waals surface area contributed by atoms with Gasteiger partial charge in [0.05, 0.1) is 11.6 Å². The summed E-state index contributed by atoms with van der Waals surface area (Å²) in [5.74, 6) is 0.00235. The van der Waals surface area contributed by atoms with Crippen LogP contribution in [0.15, 0.2) is 16.6 Å². The Morgan fingerprint density at radius 3 is 2.75 bits per heavy atom. The molecule has 1 aliphatic rings. The molecule has 1 N–H and O–H groups in total. The maximum absolute atomic E-state index is 11.7. The smallest absolute Gasteiger partial charge is 0.231 e. The van der Waals surface area contributed by atoms with Crippen molar-refractivity contribution >= 4 is 50.9 Å². The highest BCUT2D eigenvalue weighted by Crippen LogP contribution is 2.53. The number of anilines is 1. The highest BCUT2D eigenvalue weighted by molar-refractivity contribution is 9.10. The van der Waals surface area contributed by atoms with E-state index in [2.05, 4.69) is 26.2 Å². The van der Waals surface area contributed by atoms with Gasteiger partial charge < -0.3 is 5.32 Å². The zero-order valence-corrected chi connectivity index (χ0v) is 11.5. The number of hydrogen-bond donors (Lipinski definition) is 1. The quantitative estimate of drug-likeness (QED) is 0.849. The van der Waals surface area contributed by atoms with Gasteiger partial charge >= 0.3 is 0 Å². The van der Waals surface area contributed by atoms with E-state index in [1.807, 2.05) is 13.0 Å². The lowest BCUT2D eigenvalue weighted by molar-refractivity contribution is -0.117. The Morgan fingerprint density at radius 2 is 2.25 bits per heavy atom. The Morgan fingerprint density at radius 1 is 1.62 bits per heavy atom. The minimum atomic E-state index is -0.894. The zero-order valence-electron chi connectivity index (χ0n) is 8.43. The third kappa shape index (κ3) is 2.50. The Kier molecular flexibility index (Phi) is 3.16. The molecular formula is C10H9BrCl2N2O. The normalized spacial score (nSPS) is 21.6. The van der Waals surface area contributed by atoms with E-state index in [1.54, 1.807) is 6.07 Å².